The van der Waals surface area contributed by atoms with E-state index in [1.165, 1.54) is 0 Å². The molecule has 0 spiro atoms. The van der Waals surface area contributed by atoms with Crippen molar-refractivity contribution < 1.29 is 4.79 Å². The Bertz CT molecular complexity index is 599. The maximum Gasteiger partial charge on any atom is 0.254 e. The fourth-order valence-electron chi connectivity index (χ4n) is 2.63. The van der Waals surface area contributed by atoms with Crippen LogP contribution in [0.1, 0.15) is 17.3 Å². The highest BCUT2D eigenvalue weighted by molar-refractivity contribution is 6.07. The minimum absolute atomic E-state index is 0.144. The van der Waals surface area contributed by atoms with Crippen molar-refractivity contribution in [2.45, 2.75) is 13.0 Å². The number of hydrogen-bond acceptors (Lipinski definition) is 2. The Morgan fingerprint density at radius 1 is 1.21 bits per heavy atom. The van der Waals surface area contributed by atoms with Gasteiger partial charge in [0, 0.05) is 25.2 Å². The van der Waals surface area contributed by atoms with Crippen LogP contribution in [0.15, 0.2) is 42.5 Å². The number of benzene rings is 2. The van der Waals surface area contributed by atoms with E-state index in [2.05, 4.69) is 5.32 Å². The molecule has 2 aromatic rings. The van der Waals surface area contributed by atoms with Crippen molar-refractivity contribution in [3.8, 4) is 0 Å². The van der Waals surface area contributed by atoms with Gasteiger partial charge in [-0.15, -0.1) is 0 Å². The van der Waals surface area contributed by atoms with E-state index >= 15 is 0 Å². The third-order valence-electron chi connectivity index (χ3n) is 3.82. The van der Waals surface area contributed by atoms with Crippen molar-refractivity contribution in [2.75, 3.05) is 19.6 Å². The fraction of sp³-hybridized carbons (Fsp3) is 0.312. The molecular weight excluding hydrogens is 236 g/mol. The molecule has 3 rings (SSSR count). The van der Waals surface area contributed by atoms with E-state index in [0.29, 0.717) is 6.04 Å². The zero-order valence-electron chi connectivity index (χ0n) is 11.1. The molecule has 0 unspecified atom stereocenters. The molecule has 0 radical (unpaired) electrons. The first-order valence-corrected chi connectivity index (χ1v) is 6.80. The lowest BCUT2D eigenvalue weighted by Crippen LogP contribution is -2.58. The topological polar surface area (TPSA) is 32.3 Å². The Morgan fingerprint density at radius 3 is 2.63 bits per heavy atom. The van der Waals surface area contributed by atoms with Crippen molar-refractivity contribution in [3.05, 3.63) is 48.0 Å². The predicted molar refractivity (Wildman–Crippen MR) is 77.3 cm³/mol. The predicted octanol–water partition coefficient (Wildman–Crippen LogP) is 2.27. The number of nitrogens with one attached hydrogen (secondary N) is 1. The lowest BCUT2D eigenvalue weighted by atomic mass is 10.0. The number of rotatable bonds is 3. The molecule has 1 amide bonds. The highest BCUT2D eigenvalue weighted by Crippen LogP contribution is 2.21. The fourth-order valence-corrected chi connectivity index (χ4v) is 2.63. The Labute approximate surface area is 113 Å². The first-order chi connectivity index (χ1) is 9.31. The third kappa shape index (κ3) is 2.10. The number of carbonyl (C=O) groups excluding carboxylic acids is 1. The Hall–Kier alpha value is -1.87. The molecule has 98 valence electrons. The van der Waals surface area contributed by atoms with Crippen molar-refractivity contribution >= 4 is 16.7 Å². The second kappa shape index (κ2) is 5.02. The van der Waals surface area contributed by atoms with Gasteiger partial charge in [-0.1, -0.05) is 36.4 Å². The van der Waals surface area contributed by atoms with E-state index in [1.54, 1.807) is 0 Å². The number of amides is 1. The van der Waals surface area contributed by atoms with Crippen LogP contribution in [-0.2, 0) is 0 Å². The zero-order valence-corrected chi connectivity index (χ0v) is 11.1. The summed E-state index contributed by atoms with van der Waals surface area (Å²) < 4.78 is 0. The average Bonchev–Trinajstić information content (AvgIpc) is 2.41. The van der Waals surface area contributed by atoms with Gasteiger partial charge in [0.1, 0.15) is 0 Å². The standard InChI is InChI=1S/C16H18N2O/c1-2-18(13-10-17-11-13)16(19)15-9-5-7-12-6-3-4-8-14(12)15/h3-9,13,17H,2,10-11H2,1H3. The number of carbonyl (C=O) groups is 1. The molecule has 0 atom stereocenters. The molecule has 1 saturated heterocycles. The summed E-state index contributed by atoms with van der Waals surface area (Å²) in [6, 6.07) is 14.3. The van der Waals surface area contributed by atoms with Crippen LogP contribution in [0.25, 0.3) is 10.8 Å². The van der Waals surface area contributed by atoms with Crippen LogP contribution in [0.4, 0.5) is 0 Å². The quantitative estimate of drug-likeness (QED) is 0.911. The summed E-state index contributed by atoms with van der Waals surface area (Å²) in [5.41, 5.74) is 0.812. The molecule has 1 aliphatic rings. The second-order valence-electron chi connectivity index (χ2n) is 4.93. The molecule has 0 bridgehead atoms. The average molecular weight is 254 g/mol. The van der Waals surface area contributed by atoms with Crippen molar-refractivity contribution in [2.24, 2.45) is 0 Å². The molecule has 2 aromatic carbocycles. The van der Waals surface area contributed by atoms with Crippen LogP contribution in [0.2, 0.25) is 0 Å². The van der Waals surface area contributed by atoms with Gasteiger partial charge in [0.15, 0.2) is 0 Å². The summed E-state index contributed by atoms with van der Waals surface area (Å²) in [7, 11) is 0. The van der Waals surface area contributed by atoms with Crippen LogP contribution in [0, 0.1) is 0 Å². The van der Waals surface area contributed by atoms with E-state index in [4.69, 9.17) is 0 Å². The lowest BCUT2D eigenvalue weighted by Gasteiger charge is -2.37. The Morgan fingerprint density at radius 2 is 1.95 bits per heavy atom. The maximum atomic E-state index is 12.7. The van der Waals surface area contributed by atoms with Gasteiger partial charge in [0.05, 0.1) is 6.04 Å². The molecule has 1 heterocycles. The van der Waals surface area contributed by atoms with Gasteiger partial charge in [0.25, 0.3) is 5.91 Å². The van der Waals surface area contributed by atoms with Crippen LogP contribution in [0.5, 0.6) is 0 Å². The van der Waals surface area contributed by atoms with Gasteiger partial charge in [0.2, 0.25) is 0 Å². The highest BCUT2D eigenvalue weighted by Gasteiger charge is 2.28. The largest absolute Gasteiger partial charge is 0.333 e. The van der Waals surface area contributed by atoms with Gasteiger partial charge >= 0.3 is 0 Å². The van der Waals surface area contributed by atoms with Crippen LogP contribution in [-0.4, -0.2) is 36.5 Å². The lowest BCUT2D eigenvalue weighted by molar-refractivity contribution is 0.0632. The molecule has 1 aliphatic heterocycles. The molecule has 0 aromatic heterocycles. The molecule has 1 fully saturated rings. The molecule has 19 heavy (non-hydrogen) atoms. The highest BCUT2D eigenvalue weighted by atomic mass is 16.2. The third-order valence-corrected chi connectivity index (χ3v) is 3.82. The molecule has 0 saturated carbocycles. The summed E-state index contributed by atoms with van der Waals surface area (Å²) >= 11 is 0. The Kier molecular flexibility index (Phi) is 3.22. The van der Waals surface area contributed by atoms with Gasteiger partial charge in [-0.3, -0.25) is 4.79 Å². The summed E-state index contributed by atoms with van der Waals surface area (Å²) in [4.78, 5) is 14.7. The summed E-state index contributed by atoms with van der Waals surface area (Å²) in [6.07, 6.45) is 0. The zero-order chi connectivity index (χ0) is 13.2. The molecule has 0 aliphatic carbocycles. The number of fused-ring (bicyclic) bond motifs is 1. The molecule has 1 N–H and O–H groups in total. The minimum Gasteiger partial charge on any atom is -0.333 e. The van der Waals surface area contributed by atoms with Crippen molar-refractivity contribution in [1.82, 2.24) is 10.2 Å². The van der Waals surface area contributed by atoms with Crippen molar-refractivity contribution in [3.63, 3.8) is 0 Å². The first kappa shape index (κ1) is 12.2. The number of nitrogens with zero attached hydrogens (tertiary/aromatic N) is 1. The number of likely N-dealkylation sites (N-methyl/N-ethyl adjacent to an activating group) is 1. The van der Waals surface area contributed by atoms with E-state index in [0.717, 1.165) is 36.0 Å². The number of hydrogen-bond donors (Lipinski definition) is 1. The van der Waals surface area contributed by atoms with Crippen LogP contribution < -0.4 is 5.32 Å². The molecular formula is C16H18N2O. The Balaban J connectivity index is 2.00. The molecule has 3 nitrogen and oxygen atoms in total. The second-order valence-corrected chi connectivity index (χ2v) is 4.93. The SMILES string of the molecule is CCN(C(=O)c1cccc2ccccc12)C1CNC1. The smallest absolute Gasteiger partial charge is 0.254 e. The van der Waals surface area contributed by atoms with Crippen molar-refractivity contribution in [1.29, 1.82) is 0 Å². The van der Waals surface area contributed by atoms with Gasteiger partial charge < -0.3 is 10.2 Å². The van der Waals surface area contributed by atoms with Crippen LogP contribution >= 0.6 is 0 Å². The first-order valence-electron chi connectivity index (χ1n) is 6.80. The van der Waals surface area contributed by atoms with E-state index in [1.807, 2.05) is 54.3 Å². The van der Waals surface area contributed by atoms with E-state index < -0.39 is 0 Å². The molecule has 3 heteroatoms. The van der Waals surface area contributed by atoms with E-state index in [9.17, 15) is 4.79 Å². The summed E-state index contributed by atoms with van der Waals surface area (Å²) in [5.74, 6) is 0.144. The minimum atomic E-state index is 0.144. The van der Waals surface area contributed by atoms with Crippen LogP contribution in [0.3, 0.4) is 0 Å². The summed E-state index contributed by atoms with van der Waals surface area (Å²) in [5, 5.41) is 5.39. The maximum absolute atomic E-state index is 12.7. The van der Waals surface area contributed by atoms with Gasteiger partial charge in [-0.2, -0.15) is 0 Å². The van der Waals surface area contributed by atoms with E-state index in [-0.39, 0.29) is 5.91 Å². The normalized spacial score (nSPS) is 15.2. The van der Waals surface area contributed by atoms with Gasteiger partial charge in [-0.25, -0.2) is 0 Å². The summed E-state index contributed by atoms with van der Waals surface area (Å²) in [6.45, 7) is 4.62. The van der Waals surface area contributed by atoms with Gasteiger partial charge in [-0.05, 0) is 23.8 Å². The monoisotopic (exact) mass is 254 g/mol.